The molecule has 3 aromatic rings. The number of rotatable bonds is 7. The third kappa shape index (κ3) is 5.63. The van der Waals surface area contributed by atoms with E-state index in [1.54, 1.807) is 12.0 Å². The average molecular weight is 445 g/mol. The van der Waals surface area contributed by atoms with Gasteiger partial charge in [0.05, 0.1) is 13.7 Å². The van der Waals surface area contributed by atoms with Gasteiger partial charge in [-0.3, -0.25) is 4.90 Å². The zero-order chi connectivity index (χ0) is 23.0. The summed E-state index contributed by atoms with van der Waals surface area (Å²) in [5, 5.41) is 5.67. The molecule has 0 aliphatic carbocycles. The Bertz CT molecular complexity index is 1090. The van der Waals surface area contributed by atoms with Crippen LogP contribution in [0.2, 0.25) is 0 Å². The monoisotopic (exact) mass is 444 g/mol. The van der Waals surface area contributed by atoms with Crippen molar-refractivity contribution < 1.29 is 14.3 Å². The maximum atomic E-state index is 13.1. The largest absolute Gasteiger partial charge is 0.496 e. The number of nitrogens with zero attached hydrogens (tertiary/aromatic N) is 2. The molecule has 0 saturated carbocycles. The summed E-state index contributed by atoms with van der Waals surface area (Å²) in [5.74, 6) is 0.781. The number of carbonyl (C=O) groups is 2. The van der Waals surface area contributed by atoms with Crippen LogP contribution < -0.4 is 20.3 Å². The molecule has 2 N–H and O–H groups in total. The average Bonchev–Trinajstić information content (AvgIpc) is 2.86. The fourth-order valence-corrected chi connectivity index (χ4v) is 3.89. The molecular weight excluding hydrogens is 416 g/mol. The van der Waals surface area contributed by atoms with Crippen molar-refractivity contribution in [3.05, 3.63) is 90.0 Å². The van der Waals surface area contributed by atoms with E-state index < -0.39 is 0 Å². The molecule has 4 amide bonds. The molecule has 7 heteroatoms. The van der Waals surface area contributed by atoms with Gasteiger partial charge in [-0.05, 0) is 42.3 Å². The molecule has 7 nitrogen and oxygen atoms in total. The number of benzene rings is 3. The second-order valence-electron chi connectivity index (χ2n) is 7.86. The number of methoxy groups -OCH3 is 1. The number of nitrogens with one attached hydrogen (secondary N) is 2. The molecule has 0 unspecified atom stereocenters. The Labute approximate surface area is 194 Å². The van der Waals surface area contributed by atoms with E-state index in [1.807, 2.05) is 83.8 Å². The minimum absolute atomic E-state index is 0.0338. The first kappa shape index (κ1) is 22.2. The minimum atomic E-state index is -0.274. The molecular formula is C26H28N4O3. The highest BCUT2D eigenvalue weighted by molar-refractivity contribution is 5.94. The van der Waals surface area contributed by atoms with E-state index in [0.717, 1.165) is 29.0 Å². The molecule has 3 aromatic carbocycles. The van der Waals surface area contributed by atoms with Crippen LogP contribution in [-0.4, -0.2) is 37.2 Å². The van der Waals surface area contributed by atoms with Crippen molar-refractivity contribution in [2.45, 2.75) is 19.5 Å². The van der Waals surface area contributed by atoms with Gasteiger partial charge in [0.15, 0.2) is 0 Å². The number of hydrogen-bond acceptors (Lipinski definition) is 3. The maximum Gasteiger partial charge on any atom is 0.324 e. The molecule has 1 saturated heterocycles. The van der Waals surface area contributed by atoms with Crippen molar-refractivity contribution in [3.8, 4) is 5.75 Å². The van der Waals surface area contributed by atoms with Gasteiger partial charge in [-0.15, -0.1) is 0 Å². The summed E-state index contributed by atoms with van der Waals surface area (Å²) in [7, 11) is 1.64. The first-order valence-corrected chi connectivity index (χ1v) is 11.0. The van der Waals surface area contributed by atoms with Crippen LogP contribution in [0.1, 0.15) is 17.5 Å². The lowest BCUT2D eigenvalue weighted by atomic mass is 10.1. The predicted octanol–water partition coefficient (Wildman–Crippen LogP) is 4.85. The Hall–Kier alpha value is -4.00. The van der Waals surface area contributed by atoms with Crippen molar-refractivity contribution in [1.82, 2.24) is 10.2 Å². The highest BCUT2D eigenvalue weighted by Gasteiger charge is 2.27. The molecule has 1 heterocycles. The van der Waals surface area contributed by atoms with Crippen LogP contribution in [0.25, 0.3) is 0 Å². The van der Waals surface area contributed by atoms with Crippen LogP contribution in [-0.2, 0) is 13.1 Å². The summed E-state index contributed by atoms with van der Waals surface area (Å²) >= 11 is 0. The van der Waals surface area contributed by atoms with Gasteiger partial charge in [-0.1, -0.05) is 48.5 Å². The van der Waals surface area contributed by atoms with E-state index in [1.165, 1.54) is 0 Å². The summed E-state index contributed by atoms with van der Waals surface area (Å²) in [6.45, 7) is 2.32. The van der Waals surface area contributed by atoms with Gasteiger partial charge in [-0.25, -0.2) is 9.59 Å². The predicted molar refractivity (Wildman–Crippen MR) is 130 cm³/mol. The second-order valence-corrected chi connectivity index (χ2v) is 7.86. The number of anilines is 2. The molecule has 4 rings (SSSR count). The summed E-state index contributed by atoms with van der Waals surface area (Å²) in [6, 6.07) is 24.5. The summed E-state index contributed by atoms with van der Waals surface area (Å²) < 4.78 is 5.43. The topological polar surface area (TPSA) is 73.9 Å². The van der Waals surface area contributed by atoms with Gasteiger partial charge in [0, 0.05) is 36.6 Å². The lowest BCUT2D eigenvalue weighted by molar-refractivity contribution is 0.192. The Morgan fingerprint density at radius 1 is 0.939 bits per heavy atom. The van der Waals surface area contributed by atoms with Crippen molar-refractivity contribution >= 4 is 23.4 Å². The Kier molecular flexibility index (Phi) is 7.09. The van der Waals surface area contributed by atoms with E-state index in [4.69, 9.17) is 4.74 Å². The van der Waals surface area contributed by atoms with Crippen molar-refractivity contribution in [1.29, 1.82) is 0 Å². The van der Waals surface area contributed by atoms with Gasteiger partial charge in [-0.2, -0.15) is 0 Å². The lowest BCUT2D eigenvalue weighted by Crippen LogP contribution is -2.49. The molecule has 0 bridgehead atoms. The molecule has 0 spiro atoms. The quantitative estimate of drug-likeness (QED) is 0.547. The number of para-hydroxylation sites is 1. The number of urea groups is 2. The molecule has 0 aromatic heterocycles. The zero-order valence-corrected chi connectivity index (χ0v) is 18.7. The van der Waals surface area contributed by atoms with Gasteiger partial charge in [0.2, 0.25) is 0 Å². The van der Waals surface area contributed by atoms with Crippen LogP contribution >= 0.6 is 0 Å². The third-order valence-electron chi connectivity index (χ3n) is 5.60. The van der Waals surface area contributed by atoms with Crippen molar-refractivity contribution in [2.75, 3.05) is 30.4 Å². The van der Waals surface area contributed by atoms with E-state index in [-0.39, 0.29) is 12.1 Å². The van der Waals surface area contributed by atoms with Crippen molar-refractivity contribution in [3.63, 3.8) is 0 Å². The molecule has 1 fully saturated rings. The summed E-state index contributed by atoms with van der Waals surface area (Å²) in [4.78, 5) is 28.9. The second kappa shape index (κ2) is 10.5. The van der Waals surface area contributed by atoms with Crippen LogP contribution in [0.4, 0.5) is 21.0 Å². The fourth-order valence-electron chi connectivity index (χ4n) is 3.89. The summed E-state index contributed by atoms with van der Waals surface area (Å²) in [6.07, 6.45) is 0.878. The molecule has 1 aliphatic heterocycles. The Morgan fingerprint density at radius 3 is 2.42 bits per heavy atom. The normalized spacial score (nSPS) is 13.5. The van der Waals surface area contributed by atoms with E-state index >= 15 is 0 Å². The van der Waals surface area contributed by atoms with E-state index in [2.05, 4.69) is 10.6 Å². The molecule has 33 heavy (non-hydrogen) atoms. The number of carbonyl (C=O) groups excluding carboxylic acids is 2. The number of ether oxygens (including phenoxy) is 1. The standard InChI is InChI=1S/C26H28N4O3/c1-33-24-11-6-5-10-21(24)19-29-16-7-17-30(26(29)32)23-14-12-22(13-15-23)28-25(31)27-18-20-8-3-2-4-9-20/h2-6,8-15H,7,16-19H2,1H3,(H2,27,28,31). The van der Waals surface area contributed by atoms with Crippen molar-refractivity contribution in [2.24, 2.45) is 0 Å². The lowest BCUT2D eigenvalue weighted by Gasteiger charge is -2.36. The van der Waals surface area contributed by atoms with Gasteiger partial charge < -0.3 is 20.3 Å². The van der Waals surface area contributed by atoms with E-state index in [0.29, 0.717) is 31.9 Å². The SMILES string of the molecule is COc1ccccc1CN1CCCN(c2ccc(NC(=O)NCc3ccccc3)cc2)C1=O. The van der Waals surface area contributed by atoms with Crippen LogP contribution in [0, 0.1) is 0 Å². The molecule has 1 aliphatic rings. The highest BCUT2D eigenvalue weighted by atomic mass is 16.5. The zero-order valence-electron chi connectivity index (χ0n) is 18.7. The molecule has 0 atom stereocenters. The maximum absolute atomic E-state index is 13.1. The highest BCUT2D eigenvalue weighted by Crippen LogP contribution is 2.25. The van der Waals surface area contributed by atoms with E-state index in [9.17, 15) is 9.59 Å². The number of amides is 4. The Balaban J connectivity index is 1.35. The smallest absolute Gasteiger partial charge is 0.324 e. The van der Waals surface area contributed by atoms with Crippen LogP contribution in [0.5, 0.6) is 5.75 Å². The summed E-state index contributed by atoms with van der Waals surface area (Å²) in [5.41, 5.74) is 3.49. The molecule has 0 radical (unpaired) electrons. The first-order valence-electron chi connectivity index (χ1n) is 11.0. The first-order chi connectivity index (χ1) is 16.1. The van der Waals surface area contributed by atoms with Gasteiger partial charge in [0.1, 0.15) is 5.75 Å². The Morgan fingerprint density at radius 2 is 1.67 bits per heavy atom. The van der Waals surface area contributed by atoms with Crippen LogP contribution in [0.3, 0.4) is 0 Å². The van der Waals surface area contributed by atoms with Gasteiger partial charge in [0.25, 0.3) is 0 Å². The van der Waals surface area contributed by atoms with Crippen LogP contribution in [0.15, 0.2) is 78.9 Å². The minimum Gasteiger partial charge on any atom is -0.496 e. The third-order valence-corrected chi connectivity index (χ3v) is 5.60. The van der Waals surface area contributed by atoms with Gasteiger partial charge >= 0.3 is 12.1 Å². The number of hydrogen-bond donors (Lipinski definition) is 2. The molecule has 170 valence electrons. The fraction of sp³-hybridized carbons (Fsp3) is 0.231.